The molecule has 0 aromatic carbocycles. The van der Waals surface area contributed by atoms with Crippen molar-refractivity contribution in [1.29, 1.82) is 0 Å². The summed E-state index contributed by atoms with van der Waals surface area (Å²) in [6.07, 6.45) is -1.78. The smallest absolute Gasteiger partial charge is 0.272 e. The van der Waals surface area contributed by atoms with Crippen molar-refractivity contribution in [2.45, 2.75) is 0 Å². The van der Waals surface area contributed by atoms with Crippen LogP contribution in [0.4, 0.5) is 4.79 Å². The van der Waals surface area contributed by atoms with E-state index in [-0.39, 0.29) is 4.42 Å². The van der Waals surface area contributed by atoms with Crippen molar-refractivity contribution in [3.63, 3.8) is 0 Å². The van der Waals surface area contributed by atoms with Gasteiger partial charge < -0.3 is 0 Å². The number of halogens is 2. The predicted octanol–water partition coefficient (Wildman–Crippen LogP) is 0.758. The minimum atomic E-state index is -1.78. The van der Waals surface area contributed by atoms with Crippen molar-refractivity contribution in [1.82, 2.24) is 4.42 Å². The summed E-state index contributed by atoms with van der Waals surface area (Å²) in [6.45, 7) is 0. The van der Waals surface area contributed by atoms with Gasteiger partial charge in [0.2, 0.25) is 0 Å². The molecule has 0 aliphatic carbocycles. The fraction of sp³-hybridized carbons (Fsp3) is 0.333. The topological polar surface area (TPSA) is 57.3 Å². The third kappa shape index (κ3) is 2.53. The fourth-order valence-corrected chi connectivity index (χ4v) is 0.395. The van der Waals surface area contributed by atoms with Crippen LogP contribution < -0.4 is 0 Å². The Hall–Kier alpha value is -0.480. The van der Waals surface area contributed by atoms with E-state index in [1.54, 1.807) is 0 Å². The molecule has 0 atom stereocenters. The van der Waals surface area contributed by atoms with E-state index in [0.29, 0.717) is 0 Å². The number of amides is 2. The number of imide groups is 1. The zero-order chi connectivity index (χ0) is 7.44. The number of carbonyl (C=O) groups excluding carboxylic acids is 2. The molecule has 0 aliphatic rings. The number of hydrogen-bond acceptors (Lipinski definition) is 2. The molecule has 0 fully saturated rings. The number of rotatable bonds is 1. The molecular weight excluding hydrogens is 169 g/mol. The second-order valence-electron chi connectivity index (χ2n) is 1.07. The van der Waals surface area contributed by atoms with Crippen molar-refractivity contribution in [2.24, 2.45) is 0 Å². The van der Waals surface area contributed by atoms with Crippen LogP contribution in [-0.4, -0.2) is 22.3 Å². The molecule has 0 saturated heterocycles. The first-order valence-corrected chi connectivity index (χ1v) is 2.72. The number of alkyl halides is 1. The summed E-state index contributed by atoms with van der Waals surface area (Å²) in [7, 11) is 0. The Morgan fingerprint density at radius 1 is 1.44 bits per heavy atom. The van der Waals surface area contributed by atoms with Gasteiger partial charge in [-0.25, -0.2) is 9.90 Å². The lowest BCUT2D eigenvalue weighted by Gasteiger charge is -2.00. The molecule has 4 nitrogen and oxygen atoms in total. The summed E-state index contributed by atoms with van der Waals surface area (Å²) in [4.78, 5) is 19.9. The van der Waals surface area contributed by atoms with Crippen LogP contribution in [0.15, 0.2) is 0 Å². The number of nitrogens with zero attached hydrogens (tertiary/aromatic N) is 1. The maximum Gasteiger partial charge on any atom is 0.474 e. The Bertz CT molecular complexity index is 137. The molecular formula is C3H2Cl2NO3. The van der Waals surface area contributed by atoms with Gasteiger partial charge in [-0.05, 0) is 0 Å². The van der Waals surface area contributed by atoms with Gasteiger partial charge in [0.25, 0.3) is 5.91 Å². The SMILES string of the molecule is [O]C(=O)N(Cl)C(=O)CCl. The van der Waals surface area contributed by atoms with Gasteiger partial charge in [0.1, 0.15) is 5.88 Å². The zero-order valence-corrected chi connectivity index (χ0v) is 5.65. The quantitative estimate of drug-likeness (QED) is 0.431. The highest BCUT2D eigenvalue weighted by Gasteiger charge is 2.17. The van der Waals surface area contributed by atoms with Crippen LogP contribution in [0, 0.1) is 0 Å². The van der Waals surface area contributed by atoms with Gasteiger partial charge in [-0.3, -0.25) is 4.79 Å². The van der Waals surface area contributed by atoms with Gasteiger partial charge in [0.15, 0.2) is 0 Å². The molecule has 0 saturated carbocycles. The molecule has 0 aromatic heterocycles. The summed E-state index contributed by atoms with van der Waals surface area (Å²) >= 11 is 9.73. The van der Waals surface area contributed by atoms with Crippen molar-refractivity contribution in [2.75, 3.05) is 5.88 Å². The van der Waals surface area contributed by atoms with Gasteiger partial charge in [-0.1, -0.05) is 0 Å². The molecule has 9 heavy (non-hydrogen) atoms. The largest absolute Gasteiger partial charge is 0.474 e. The van der Waals surface area contributed by atoms with Crippen LogP contribution in [0.2, 0.25) is 0 Å². The lowest BCUT2D eigenvalue weighted by atomic mass is 10.7. The normalized spacial score (nSPS) is 8.67. The van der Waals surface area contributed by atoms with Crippen molar-refractivity contribution in [3.8, 4) is 0 Å². The Balaban J connectivity index is 3.88. The molecule has 0 unspecified atom stereocenters. The molecule has 0 N–H and O–H groups in total. The van der Waals surface area contributed by atoms with E-state index >= 15 is 0 Å². The van der Waals surface area contributed by atoms with E-state index in [0.717, 1.165) is 0 Å². The van der Waals surface area contributed by atoms with Crippen molar-refractivity contribution >= 4 is 35.4 Å². The average molecular weight is 171 g/mol. The highest BCUT2D eigenvalue weighted by atomic mass is 35.5. The minimum absolute atomic E-state index is 0.104. The van der Waals surface area contributed by atoms with Crippen LogP contribution >= 0.6 is 23.4 Å². The second-order valence-corrected chi connectivity index (χ2v) is 1.68. The fourth-order valence-electron chi connectivity index (χ4n) is 0.154. The summed E-state index contributed by atoms with van der Waals surface area (Å²) in [6, 6.07) is 0. The molecule has 6 heteroatoms. The molecule has 51 valence electrons. The van der Waals surface area contributed by atoms with Crippen LogP contribution in [0.25, 0.3) is 0 Å². The van der Waals surface area contributed by atoms with E-state index in [9.17, 15) is 14.7 Å². The molecule has 0 heterocycles. The Labute approximate surface area is 61.1 Å². The standard InChI is InChI=1S/C3H2Cl2NO3/c4-1-2(7)6(5)3(8)9/h1H2. The first-order valence-electron chi connectivity index (χ1n) is 1.85. The lowest BCUT2D eigenvalue weighted by molar-refractivity contribution is -0.122. The minimum Gasteiger partial charge on any atom is -0.272 e. The van der Waals surface area contributed by atoms with Crippen molar-refractivity contribution in [3.05, 3.63) is 0 Å². The maximum absolute atomic E-state index is 10.2. The third-order valence-corrected chi connectivity index (χ3v) is 1.05. The van der Waals surface area contributed by atoms with Gasteiger partial charge in [-0.15, -0.1) is 16.0 Å². The number of hydrogen-bond donors (Lipinski definition) is 0. The Kier molecular flexibility index (Phi) is 3.34. The van der Waals surface area contributed by atoms with Crippen LogP contribution in [-0.2, 0) is 9.90 Å². The van der Waals surface area contributed by atoms with E-state index in [4.69, 9.17) is 23.4 Å². The molecule has 1 radical (unpaired) electrons. The van der Waals surface area contributed by atoms with Crippen LogP contribution in [0.1, 0.15) is 0 Å². The summed E-state index contributed by atoms with van der Waals surface area (Å²) < 4.78 is -0.104. The summed E-state index contributed by atoms with van der Waals surface area (Å²) in [5, 5.41) is 9.70. The molecule has 0 rings (SSSR count). The van der Waals surface area contributed by atoms with E-state index in [1.165, 1.54) is 0 Å². The van der Waals surface area contributed by atoms with Crippen LogP contribution in [0.3, 0.4) is 0 Å². The average Bonchev–Trinajstić information content (AvgIpc) is 1.84. The highest BCUT2D eigenvalue weighted by molar-refractivity contribution is 6.35. The van der Waals surface area contributed by atoms with Crippen LogP contribution in [0.5, 0.6) is 0 Å². The number of carbonyl (C=O) groups is 2. The highest BCUT2D eigenvalue weighted by Crippen LogP contribution is 1.96. The second kappa shape index (κ2) is 3.53. The Morgan fingerprint density at radius 3 is 2.00 bits per heavy atom. The molecule has 0 aliphatic heterocycles. The predicted molar refractivity (Wildman–Crippen MR) is 29.5 cm³/mol. The van der Waals surface area contributed by atoms with Crippen molar-refractivity contribution < 1.29 is 14.7 Å². The van der Waals surface area contributed by atoms with Gasteiger partial charge in [0, 0.05) is 11.8 Å². The first-order chi connectivity index (χ1) is 4.09. The van der Waals surface area contributed by atoms with Gasteiger partial charge >= 0.3 is 6.09 Å². The van der Waals surface area contributed by atoms with E-state index < -0.39 is 17.9 Å². The monoisotopic (exact) mass is 170 g/mol. The van der Waals surface area contributed by atoms with Gasteiger partial charge in [0.05, 0.1) is 0 Å². The molecule has 0 spiro atoms. The summed E-state index contributed by atoms with van der Waals surface area (Å²) in [5.41, 5.74) is 0. The molecule has 2 amide bonds. The van der Waals surface area contributed by atoms with Gasteiger partial charge in [-0.2, -0.15) is 0 Å². The van der Waals surface area contributed by atoms with E-state index in [1.807, 2.05) is 0 Å². The lowest BCUT2D eigenvalue weighted by Crippen LogP contribution is -2.26. The zero-order valence-electron chi connectivity index (χ0n) is 4.13. The Morgan fingerprint density at radius 2 is 1.89 bits per heavy atom. The summed E-state index contributed by atoms with van der Waals surface area (Å²) in [5.74, 6) is -1.39. The third-order valence-electron chi connectivity index (χ3n) is 0.494. The molecule has 0 bridgehead atoms. The van der Waals surface area contributed by atoms with E-state index in [2.05, 4.69) is 0 Å². The first kappa shape index (κ1) is 8.52. The molecule has 0 aromatic rings. The maximum atomic E-state index is 10.2.